The molecule has 0 aromatic heterocycles. The lowest BCUT2D eigenvalue weighted by atomic mass is 10.00. The van der Waals surface area contributed by atoms with Gasteiger partial charge in [0, 0.05) is 5.33 Å². The van der Waals surface area contributed by atoms with Crippen LogP contribution in [0.3, 0.4) is 0 Å². The average Bonchev–Trinajstić information content (AvgIpc) is 2.17. The topological polar surface area (TPSA) is 0 Å². The summed E-state index contributed by atoms with van der Waals surface area (Å²) in [7, 11) is 0. The van der Waals surface area contributed by atoms with E-state index < -0.39 is 0 Å². The minimum atomic E-state index is 0.922. The Kier molecular flexibility index (Phi) is 11.0. The van der Waals surface area contributed by atoms with Gasteiger partial charge in [-0.15, -0.1) is 0 Å². The summed E-state index contributed by atoms with van der Waals surface area (Å²) in [5, 5.41) is 1.19. The van der Waals surface area contributed by atoms with E-state index in [1.807, 2.05) is 0 Å². The minimum Gasteiger partial charge on any atom is -0.0925 e. The number of halogens is 1. The first-order valence-corrected chi connectivity index (χ1v) is 7.03. The molecule has 0 heterocycles. The molecule has 0 aliphatic rings. The van der Waals surface area contributed by atoms with Crippen molar-refractivity contribution in [1.82, 2.24) is 0 Å². The van der Waals surface area contributed by atoms with Gasteiger partial charge in [-0.2, -0.15) is 0 Å². The van der Waals surface area contributed by atoms with Gasteiger partial charge in [0.15, 0.2) is 0 Å². The normalized spacial score (nSPS) is 13.2. The van der Waals surface area contributed by atoms with Crippen LogP contribution in [0.5, 0.6) is 0 Å². The van der Waals surface area contributed by atoms with Crippen LogP contribution in [0.2, 0.25) is 0 Å². The van der Waals surface area contributed by atoms with Crippen molar-refractivity contribution in [1.29, 1.82) is 0 Å². The van der Waals surface area contributed by atoms with E-state index in [-0.39, 0.29) is 0 Å². The molecule has 0 aliphatic carbocycles. The van der Waals surface area contributed by atoms with Gasteiger partial charge in [-0.1, -0.05) is 74.7 Å². The fourth-order valence-corrected chi connectivity index (χ4v) is 2.39. The lowest BCUT2D eigenvalue weighted by Crippen LogP contribution is -1.99. The molecular weight excluding hydrogens is 224 g/mol. The molecular formula is C12H25Br. The molecule has 0 saturated heterocycles. The molecule has 80 valence electrons. The molecule has 0 aromatic rings. The van der Waals surface area contributed by atoms with Crippen LogP contribution in [-0.4, -0.2) is 5.33 Å². The highest BCUT2D eigenvalue weighted by Gasteiger charge is 2.02. The first-order chi connectivity index (χ1) is 6.35. The molecule has 1 heteroatoms. The van der Waals surface area contributed by atoms with E-state index in [2.05, 4.69) is 29.8 Å². The van der Waals surface area contributed by atoms with Crippen molar-refractivity contribution in [2.45, 2.75) is 65.2 Å². The molecule has 0 fully saturated rings. The molecule has 0 bridgehead atoms. The largest absolute Gasteiger partial charge is 0.0925 e. The van der Waals surface area contributed by atoms with Crippen molar-refractivity contribution >= 4 is 15.9 Å². The predicted molar refractivity (Wildman–Crippen MR) is 65.6 cm³/mol. The van der Waals surface area contributed by atoms with Crippen molar-refractivity contribution in [2.24, 2.45) is 5.92 Å². The van der Waals surface area contributed by atoms with Gasteiger partial charge < -0.3 is 0 Å². The second kappa shape index (κ2) is 10.6. The summed E-state index contributed by atoms with van der Waals surface area (Å²) >= 11 is 3.57. The van der Waals surface area contributed by atoms with Crippen molar-refractivity contribution in [2.75, 3.05) is 5.33 Å². The third-order valence-electron chi connectivity index (χ3n) is 2.76. The Hall–Kier alpha value is 0.480. The van der Waals surface area contributed by atoms with E-state index in [0.29, 0.717) is 0 Å². The zero-order valence-corrected chi connectivity index (χ0v) is 10.9. The smallest absolute Gasteiger partial charge is 0.00595 e. The average molecular weight is 249 g/mol. The van der Waals surface area contributed by atoms with Gasteiger partial charge >= 0.3 is 0 Å². The Labute approximate surface area is 92.6 Å². The molecule has 0 radical (unpaired) electrons. The highest BCUT2D eigenvalue weighted by atomic mass is 79.9. The Morgan fingerprint density at radius 3 is 2.08 bits per heavy atom. The summed E-state index contributed by atoms with van der Waals surface area (Å²) < 4.78 is 0. The van der Waals surface area contributed by atoms with Crippen LogP contribution in [0.1, 0.15) is 65.2 Å². The molecule has 0 rings (SSSR count). The standard InChI is InChI=1S/C12H25Br/c1-3-5-6-7-8-9-10-12(4-2)11-13/h12H,3-11H2,1-2H3. The zero-order chi connectivity index (χ0) is 9.94. The van der Waals surface area contributed by atoms with Gasteiger partial charge in [0.25, 0.3) is 0 Å². The fourth-order valence-electron chi connectivity index (χ4n) is 1.60. The second-order valence-corrected chi connectivity index (χ2v) is 4.63. The molecule has 13 heavy (non-hydrogen) atoms. The molecule has 1 atom stereocenters. The lowest BCUT2D eigenvalue weighted by molar-refractivity contribution is 0.480. The summed E-state index contributed by atoms with van der Waals surface area (Å²) in [5.41, 5.74) is 0. The van der Waals surface area contributed by atoms with E-state index in [9.17, 15) is 0 Å². The zero-order valence-electron chi connectivity index (χ0n) is 9.32. The van der Waals surface area contributed by atoms with E-state index in [0.717, 1.165) is 5.92 Å². The van der Waals surface area contributed by atoms with Crippen LogP contribution in [-0.2, 0) is 0 Å². The first kappa shape index (κ1) is 13.5. The van der Waals surface area contributed by atoms with Crippen LogP contribution in [0.25, 0.3) is 0 Å². The SMILES string of the molecule is CCCCCCCCC(CC)CBr. The molecule has 0 N–H and O–H groups in total. The van der Waals surface area contributed by atoms with Gasteiger partial charge in [0.05, 0.1) is 0 Å². The van der Waals surface area contributed by atoms with E-state index in [4.69, 9.17) is 0 Å². The van der Waals surface area contributed by atoms with Crippen LogP contribution >= 0.6 is 15.9 Å². The Balaban J connectivity index is 3.05. The number of hydrogen-bond acceptors (Lipinski definition) is 0. The number of hydrogen-bond donors (Lipinski definition) is 0. The summed E-state index contributed by atoms with van der Waals surface area (Å²) in [4.78, 5) is 0. The summed E-state index contributed by atoms with van der Waals surface area (Å²) in [6.07, 6.45) is 11.3. The third-order valence-corrected chi connectivity index (χ3v) is 3.68. The number of alkyl halides is 1. The molecule has 1 unspecified atom stereocenters. The number of rotatable bonds is 9. The molecule has 0 saturated carbocycles. The molecule has 0 nitrogen and oxygen atoms in total. The monoisotopic (exact) mass is 248 g/mol. The van der Waals surface area contributed by atoms with Crippen molar-refractivity contribution in [3.8, 4) is 0 Å². The van der Waals surface area contributed by atoms with E-state index >= 15 is 0 Å². The van der Waals surface area contributed by atoms with Crippen molar-refractivity contribution in [3.05, 3.63) is 0 Å². The van der Waals surface area contributed by atoms with Gasteiger partial charge in [0.1, 0.15) is 0 Å². The molecule has 0 amide bonds. The van der Waals surface area contributed by atoms with Crippen LogP contribution in [0.4, 0.5) is 0 Å². The fraction of sp³-hybridized carbons (Fsp3) is 1.00. The van der Waals surface area contributed by atoms with E-state index in [1.54, 1.807) is 0 Å². The van der Waals surface area contributed by atoms with Crippen LogP contribution in [0, 0.1) is 5.92 Å². The van der Waals surface area contributed by atoms with Crippen molar-refractivity contribution < 1.29 is 0 Å². The van der Waals surface area contributed by atoms with Crippen LogP contribution in [0.15, 0.2) is 0 Å². The highest BCUT2D eigenvalue weighted by molar-refractivity contribution is 9.09. The predicted octanol–water partition coefficient (Wildman–Crippen LogP) is 5.16. The third kappa shape index (κ3) is 8.80. The van der Waals surface area contributed by atoms with Gasteiger partial charge in [-0.25, -0.2) is 0 Å². The maximum Gasteiger partial charge on any atom is 0.00595 e. The summed E-state index contributed by atoms with van der Waals surface area (Å²) in [6, 6.07) is 0. The molecule has 0 aromatic carbocycles. The minimum absolute atomic E-state index is 0.922. The first-order valence-electron chi connectivity index (χ1n) is 5.91. The quantitative estimate of drug-likeness (QED) is 0.391. The Bertz CT molecular complexity index is 87.1. The van der Waals surface area contributed by atoms with E-state index in [1.165, 1.54) is 56.7 Å². The lowest BCUT2D eigenvalue weighted by Gasteiger charge is -2.10. The second-order valence-electron chi connectivity index (χ2n) is 3.99. The van der Waals surface area contributed by atoms with Gasteiger partial charge in [0.2, 0.25) is 0 Å². The highest BCUT2D eigenvalue weighted by Crippen LogP contribution is 2.16. The summed E-state index contributed by atoms with van der Waals surface area (Å²) in [5.74, 6) is 0.922. The maximum absolute atomic E-state index is 3.57. The Morgan fingerprint density at radius 1 is 0.923 bits per heavy atom. The number of unbranched alkanes of at least 4 members (excludes halogenated alkanes) is 5. The van der Waals surface area contributed by atoms with Crippen molar-refractivity contribution in [3.63, 3.8) is 0 Å². The molecule has 0 aliphatic heterocycles. The summed E-state index contributed by atoms with van der Waals surface area (Å²) in [6.45, 7) is 4.57. The van der Waals surface area contributed by atoms with Gasteiger partial charge in [-0.05, 0) is 12.3 Å². The van der Waals surface area contributed by atoms with Gasteiger partial charge in [-0.3, -0.25) is 0 Å². The Morgan fingerprint density at radius 2 is 1.54 bits per heavy atom. The maximum atomic E-state index is 3.57. The van der Waals surface area contributed by atoms with Crippen LogP contribution < -0.4 is 0 Å². The molecule has 0 spiro atoms.